The van der Waals surface area contributed by atoms with Gasteiger partial charge in [-0.1, -0.05) is 12.1 Å². The lowest BCUT2D eigenvalue weighted by Crippen LogP contribution is -2.36. The van der Waals surface area contributed by atoms with Gasteiger partial charge in [-0.2, -0.15) is 0 Å². The van der Waals surface area contributed by atoms with Gasteiger partial charge in [-0.05, 0) is 23.3 Å². The van der Waals surface area contributed by atoms with Gasteiger partial charge in [0.25, 0.3) is 0 Å². The molecular formula is C24H29ClN4O4. The van der Waals surface area contributed by atoms with Crippen LogP contribution in [0.2, 0.25) is 0 Å². The third kappa shape index (κ3) is 4.41. The molecule has 0 bridgehead atoms. The predicted molar refractivity (Wildman–Crippen MR) is 131 cm³/mol. The summed E-state index contributed by atoms with van der Waals surface area (Å²) in [5.74, 6) is 2.42. The number of rotatable bonds is 4. The Labute approximate surface area is 199 Å². The van der Waals surface area contributed by atoms with Crippen molar-refractivity contribution >= 4 is 29.8 Å². The summed E-state index contributed by atoms with van der Waals surface area (Å²) in [6.07, 6.45) is 0.717. The Balaban J connectivity index is 0.00000259. The molecule has 176 valence electrons. The highest BCUT2D eigenvalue weighted by Crippen LogP contribution is 2.45. The summed E-state index contributed by atoms with van der Waals surface area (Å²) < 4.78 is 22.7. The number of hydrogen-bond donors (Lipinski definition) is 2. The van der Waals surface area contributed by atoms with Gasteiger partial charge in [-0.3, -0.25) is 0 Å². The van der Waals surface area contributed by atoms with Crippen LogP contribution in [-0.2, 0) is 4.74 Å². The van der Waals surface area contributed by atoms with E-state index in [-0.39, 0.29) is 18.4 Å². The van der Waals surface area contributed by atoms with Crippen molar-refractivity contribution in [3.05, 3.63) is 53.1 Å². The Morgan fingerprint density at radius 3 is 2.52 bits per heavy atom. The van der Waals surface area contributed by atoms with E-state index in [0.29, 0.717) is 29.8 Å². The van der Waals surface area contributed by atoms with Crippen LogP contribution in [0.1, 0.15) is 23.6 Å². The maximum absolute atomic E-state index is 6.25. The molecule has 0 spiro atoms. The van der Waals surface area contributed by atoms with Crippen molar-refractivity contribution in [1.29, 1.82) is 0 Å². The summed E-state index contributed by atoms with van der Waals surface area (Å²) >= 11 is 0. The van der Waals surface area contributed by atoms with Gasteiger partial charge in [0.1, 0.15) is 23.3 Å². The molecule has 0 aromatic heterocycles. The molecule has 1 atom stereocenters. The molecule has 3 N–H and O–H groups in total. The molecule has 3 aliphatic heterocycles. The average molecular weight is 473 g/mol. The summed E-state index contributed by atoms with van der Waals surface area (Å²) in [6.45, 7) is 3.87. The highest BCUT2D eigenvalue weighted by atomic mass is 35.5. The molecule has 8 nitrogen and oxygen atoms in total. The SMILES string of the molecule is COc1cc(OC)c2c(c1)OCCC1=C2NC(N)=NC1c1ccc(N2CCOCC2)cc1.Cl. The molecule has 0 radical (unpaired) electrons. The minimum absolute atomic E-state index is 0. The highest BCUT2D eigenvalue weighted by molar-refractivity contribution is 5.94. The Morgan fingerprint density at radius 1 is 1.06 bits per heavy atom. The fraction of sp³-hybridized carbons (Fsp3) is 0.375. The maximum atomic E-state index is 6.25. The van der Waals surface area contributed by atoms with Gasteiger partial charge < -0.3 is 34.9 Å². The van der Waals surface area contributed by atoms with Crippen LogP contribution < -0.4 is 30.2 Å². The summed E-state index contributed by atoms with van der Waals surface area (Å²) in [5, 5.41) is 3.27. The molecular weight excluding hydrogens is 444 g/mol. The zero-order valence-corrected chi connectivity index (χ0v) is 19.6. The molecule has 1 saturated heterocycles. The maximum Gasteiger partial charge on any atom is 0.194 e. The molecule has 33 heavy (non-hydrogen) atoms. The number of morpholine rings is 1. The van der Waals surface area contributed by atoms with Gasteiger partial charge in [0.05, 0.1) is 45.3 Å². The molecule has 1 fully saturated rings. The summed E-state index contributed by atoms with van der Waals surface area (Å²) in [7, 11) is 3.27. The lowest BCUT2D eigenvalue weighted by molar-refractivity contribution is 0.122. The predicted octanol–water partition coefficient (Wildman–Crippen LogP) is 3.12. The van der Waals surface area contributed by atoms with Crippen LogP contribution in [0.3, 0.4) is 0 Å². The number of guanidine groups is 1. The van der Waals surface area contributed by atoms with E-state index in [1.165, 1.54) is 5.69 Å². The smallest absolute Gasteiger partial charge is 0.194 e. The molecule has 9 heteroatoms. The number of hydrogen-bond acceptors (Lipinski definition) is 8. The van der Waals surface area contributed by atoms with Crippen molar-refractivity contribution in [3.8, 4) is 17.2 Å². The Kier molecular flexibility index (Phi) is 6.85. The number of methoxy groups -OCH3 is 2. The minimum Gasteiger partial charge on any atom is -0.496 e. The molecule has 2 aromatic rings. The fourth-order valence-corrected chi connectivity index (χ4v) is 4.52. The van der Waals surface area contributed by atoms with Crippen LogP contribution >= 0.6 is 12.4 Å². The van der Waals surface area contributed by atoms with Crippen molar-refractivity contribution < 1.29 is 18.9 Å². The number of halogens is 1. The molecule has 0 saturated carbocycles. The number of nitrogens with two attached hydrogens (primary N) is 1. The third-order valence-corrected chi connectivity index (χ3v) is 6.13. The van der Waals surface area contributed by atoms with E-state index in [9.17, 15) is 0 Å². The van der Waals surface area contributed by atoms with Gasteiger partial charge in [-0.15, -0.1) is 12.4 Å². The first-order chi connectivity index (χ1) is 15.7. The third-order valence-electron chi connectivity index (χ3n) is 6.13. The number of nitrogens with one attached hydrogen (secondary N) is 1. The largest absolute Gasteiger partial charge is 0.496 e. The van der Waals surface area contributed by atoms with Gasteiger partial charge in [0.15, 0.2) is 5.96 Å². The van der Waals surface area contributed by atoms with Crippen LogP contribution in [-0.4, -0.2) is 53.1 Å². The monoisotopic (exact) mass is 472 g/mol. The van der Waals surface area contributed by atoms with Gasteiger partial charge in [-0.25, -0.2) is 4.99 Å². The number of fused-ring (bicyclic) bond motifs is 2. The molecule has 0 aliphatic carbocycles. The first kappa shape index (κ1) is 23.1. The van der Waals surface area contributed by atoms with E-state index in [1.807, 2.05) is 12.1 Å². The number of ether oxygens (including phenoxy) is 4. The average Bonchev–Trinajstić information content (AvgIpc) is 3.03. The second-order valence-corrected chi connectivity index (χ2v) is 7.93. The molecule has 3 heterocycles. The normalized spacial score (nSPS) is 19.6. The van der Waals surface area contributed by atoms with Crippen molar-refractivity contribution in [1.82, 2.24) is 5.32 Å². The number of nitrogens with zero attached hydrogens (tertiary/aromatic N) is 2. The van der Waals surface area contributed by atoms with E-state index in [1.54, 1.807) is 14.2 Å². The Bertz CT molecular complexity index is 1060. The van der Waals surface area contributed by atoms with E-state index in [4.69, 9.17) is 29.7 Å². The van der Waals surface area contributed by atoms with E-state index in [2.05, 4.69) is 34.5 Å². The van der Waals surface area contributed by atoms with Crippen molar-refractivity contribution in [3.63, 3.8) is 0 Å². The molecule has 2 aromatic carbocycles. The number of benzene rings is 2. The fourth-order valence-electron chi connectivity index (χ4n) is 4.52. The lowest BCUT2D eigenvalue weighted by atomic mass is 9.91. The lowest BCUT2D eigenvalue weighted by Gasteiger charge is -2.30. The summed E-state index contributed by atoms with van der Waals surface area (Å²) in [4.78, 5) is 7.09. The number of aliphatic imine (C=N–C) groups is 1. The minimum atomic E-state index is -0.189. The molecule has 5 rings (SSSR count). The Hall–Kier alpha value is -3.10. The number of anilines is 1. The topological polar surface area (TPSA) is 90.6 Å². The molecule has 1 unspecified atom stereocenters. The summed E-state index contributed by atoms with van der Waals surface area (Å²) in [6, 6.07) is 12.1. The van der Waals surface area contributed by atoms with Gasteiger partial charge >= 0.3 is 0 Å². The molecule has 3 aliphatic rings. The van der Waals surface area contributed by atoms with Crippen molar-refractivity contribution in [2.24, 2.45) is 10.7 Å². The zero-order valence-electron chi connectivity index (χ0n) is 18.8. The second-order valence-electron chi connectivity index (χ2n) is 7.93. The summed E-state index contributed by atoms with van der Waals surface area (Å²) in [5.41, 5.74) is 11.4. The van der Waals surface area contributed by atoms with E-state index in [0.717, 1.165) is 55.1 Å². The van der Waals surface area contributed by atoms with Crippen LogP contribution in [0.15, 0.2) is 47.0 Å². The first-order valence-electron chi connectivity index (χ1n) is 10.8. The van der Waals surface area contributed by atoms with Crippen LogP contribution in [0.5, 0.6) is 17.2 Å². The van der Waals surface area contributed by atoms with Crippen LogP contribution in [0.4, 0.5) is 5.69 Å². The van der Waals surface area contributed by atoms with Crippen molar-refractivity contribution in [2.45, 2.75) is 12.5 Å². The van der Waals surface area contributed by atoms with E-state index < -0.39 is 0 Å². The second kappa shape index (κ2) is 9.80. The standard InChI is InChI=1S/C24H28N4O4.ClH/c1-29-17-13-19(30-2)21-20(14-17)32-10-7-18-22(26-24(25)27-23(18)21)15-3-5-16(6-4-15)28-8-11-31-12-9-28;/h3-6,13-14,22H,7-12H2,1-2H3,(H3,25,26,27);1H. The Morgan fingerprint density at radius 2 is 1.82 bits per heavy atom. The van der Waals surface area contributed by atoms with E-state index >= 15 is 0 Å². The van der Waals surface area contributed by atoms with Crippen LogP contribution in [0.25, 0.3) is 5.70 Å². The first-order valence-corrected chi connectivity index (χ1v) is 10.8. The van der Waals surface area contributed by atoms with Gasteiger partial charge in [0, 0.05) is 37.3 Å². The highest BCUT2D eigenvalue weighted by Gasteiger charge is 2.31. The van der Waals surface area contributed by atoms with Crippen molar-refractivity contribution in [2.75, 3.05) is 52.0 Å². The molecule has 0 amide bonds. The zero-order chi connectivity index (χ0) is 22.1. The van der Waals surface area contributed by atoms with Gasteiger partial charge in [0.2, 0.25) is 0 Å². The van der Waals surface area contributed by atoms with Crippen LogP contribution in [0, 0.1) is 0 Å². The quantitative estimate of drug-likeness (QED) is 0.706.